The molecule has 3 nitrogen and oxygen atoms in total. The van der Waals surface area contributed by atoms with Crippen LogP contribution in [0.5, 0.6) is 0 Å². The third kappa shape index (κ3) is 4.16. The van der Waals surface area contributed by atoms with Gasteiger partial charge in [0.1, 0.15) is 0 Å². The zero-order valence-corrected chi connectivity index (χ0v) is 11.0. The van der Waals surface area contributed by atoms with Crippen LogP contribution in [0.3, 0.4) is 0 Å². The first kappa shape index (κ1) is 11.8. The van der Waals surface area contributed by atoms with Gasteiger partial charge < -0.3 is 5.11 Å². The number of aliphatic hydroxyl groups excluding tert-OH is 1. The van der Waals surface area contributed by atoms with Gasteiger partial charge in [-0.2, -0.15) is 0 Å². The number of nitrogens with zero attached hydrogens (tertiary/aromatic N) is 2. The van der Waals surface area contributed by atoms with E-state index >= 15 is 0 Å². The zero-order valence-electron chi connectivity index (χ0n) is 6.94. The molecule has 0 aliphatic carbocycles. The van der Waals surface area contributed by atoms with Crippen molar-refractivity contribution >= 4 is 50.8 Å². The monoisotopic (exact) mass is 300 g/mol. The van der Waals surface area contributed by atoms with Crippen LogP contribution in [0.25, 0.3) is 0 Å². The first-order valence-electron chi connectivity index (χ1n) is 3.50. The standard InChI is InChI=1S/C6H9BrN2OS3/c1-11-5-8-9-6(13-5)12-3-4(10)2-7/h4,10H,2-3H2,1H3. The van der Waals surface area contributed by atoms with Crippen LogP contribution in [-0.4, -0.2) is 38.7 Å². The SMILES string of the molecule is CSc1nnc(SCC(O)CBr)s1. The van der Waals surface area contributed by atoms with Gasteiger partial charge >= 0.3 is 0 Å². The molecule has 7 heteroatoms. The van der Waals surface area contributed by atoms with E-state index in [2.05, 4.69) is 26.1 Å². The third-order valence-electron chi connectivity index (χ3n) is 1.14. The van der Waals surface area contributed by atoms with Crippen LogP contribution in [0.1, 0.15) is 0 Å². The summed E-state index contributed by atoms with van der Waals surface area (Å²) in [5, 5.41) is 17.8. The topological polar surface area (TPSA) is 46.0 Å². The number of hydrogen-bond acceptors (Lipinski definition) is 6. The molecule has 0 aliphatic rings. The summed E-state index contributed by atoms with van der Waals surface area (Å²) in [5.74, 6) is 0.661. The van der Waals surface area contributed by atoms with Crippen molar-refractivity contribution in [2.45, 2.75) is 14.8 Å². The van der Waals surface area contributed by atoms with E-state index in [0.717, 1.165) is 8.68 Å². The van der Waals surface area contributed by atoms with Crippen LogP contribution in [-0.2, 0) is 0 Å². The first-order valence-corrected chi connectivity index (χ1v) is 7.65. The summed E-state index contributed by atoms with van der Waals surface area (Å²) >= 11 is 7.90. The lowest BCUT2D eigenvalue weighted by atomic mass is 10.5. The Hall–Kier alpha value is 0.700. The number of rotatable bonds is 5. The van der Waals surface area contributed by atoms with Gasteiger partial charge in [-0.1, -0.05) is 50.8 Å². The number of thioether (sulfide) groups is 2. The Kier molecular flexibility index (Phi) is 5.65. The van der Waals surface area contributed by atoms with Gasteiger partial charge in [-0.25, -0.2) is 0 Å². The normalized spacial score (nSPS) is 13.2. The molecule has 1 atom stereocenters. The van der Waals surface area contributed by atoms with E-state index in [1.165, 1.54) is 0 Å². The smallest absolute Gasteiger partial charge is 0.175 e. The molecule has 0 bridgehead atoms. The predicted molar refractivity (Wildman–Crippen MR) is 62.2 cm³/mol. The van der Waals surface area contributed by atoms with E-state index in [1.54, 1.807) is 34.9 Å². The van der Waals surface area contributed by atoms with Crippen molar-refractivity contribution in [3.63, 3.8) is 0 Å². The van der Waals surface area contributed by atoms with Crippen molar-refractivity contribution in [3.05, 3.63) is 0 Å². The molecule has 1 aromatic heterocycles. The van der Waals surface area contributed by atoms with Gasteiger partial charge in [0, 0.05) is 11.1 Å². The summed E-state index contributed by atoms with van der Waals surface area (Å²) in [6.07, 6.45) is 1.66. The van der Waals surface area contributed by atoms with Crippen molar-refractivity contribution in [1.29, 1.82) is 0 Å². The number of aromatic nitrogens is 2. The van der Waals surface area contributed by atoms with E-state index in [-0.39, 0.29) is 6.10 Å². The summed E-state index contributed by atoms with van der Waals surface area (Å²) in [6, 6.07) is 0. The maximum Gasteiger partial charge on any atom is 0.175 e. The minimum Gasteiger partial charge on any atom is -0.391 e. The van der Waals surface area contributed by atoms with Crippen molar-refractivity contribution < 1.29 is 5.11 Å². The molecule has 1 rings (SSSR count). The second-order valence-corrected chi connectivity index (χ2v) is 6.10. The maximum atomic E-state index is 9.27. The Morgan fingerprint density at radius 1 is 1.54 bits per heavy atom. The number of alkyl halides is 1. The maximum absolute atomic E-state index is 9.27. The average molecular weight is 301 g/mol. The highest BCUT2D eigenvalue weighted by Crippen LogP contribution is 2.27. The van der Waals surface area contributed by atoms with Gasteiger partial charge in [-0.3, -0.25) is 0 Å². The average Bonchev–Trinajstić information content (AvgIpc) is 2.61. The Bertz CT molecular complexity index is 258. The van der Waals surface area contributed by atoms with Crippen molar-refractivity contribution in [3.8, 4) is 0 Å². The summed E-state index contributed by atoms with van der Waals surface area (Å²) in [4.78, 5) is 0. The highest BCUT2D eigenvalue weighted by Gasteiger charge is 2.07. The minimum atomic E-state index is -0.313. The fourth-order valence-electron chi connectivity index (χ4n) is 0.550. The molecule has 0 fully saturated rings. The molecule has 0 spiro atoms. The lowest BCUT2D eigenvalue weighted by molar-refractivity contribution is 0.226. The molecular weight excluding hydrogens is 292 g/mol. The van der Waals surface area contributed by atoms with Crippen LogP contribution < -0.4 is 0 Å². The van der Waals surface area contributed by atoms with Crippen molar-refractivity contribution in [2.75, 3.05) is 17.3 Å². The van der Waals surface area contributed by atoms with Crippen molar-refractivity contribution in [2.24, 2.45) is 0 Å². The molecule has 0 radical (unpaired) electrons. The minimum absolute atomic E-state index is 0.313. The lowest BCUT2D eigenvalue weighted by Gasteiger charge is -2.02. The molecule has 0 amide bonds. The van der Waals surface area contributed by atoms with Crippen LogP contribution in [0.4, 0.5) is 0 Å². The van der Waals surface area contributed by atoms with Gasteiger partial charge in [0.15, 0.2) is 8.68 Å². The third-order valence-corrected chi connectivity index (χ3v) is 5.06. The Labute approximate surface area is 97.8 Å². The number of halogens is 1. The molecule has 0 aliphatic heterocycles. The highest BCUT2D eigenvalue weighted by atomic mass is 79.9. The molecule has 13 heavy (non-hydrogen) atoms. The van der Waals surface area contributed by atoms with Crippen LogP contribution >= 0.6 is 50.8 Å². The van der Waals surface area contributed by atoms with Crippen LogP contribution in [0.15, 0.2) is 8.68 Å². The molecule has 1 N–H and O–H groups in total. The molecule has 74 valence electrons. The second-order valence-electron chi connectivity index (χ2n) is 2.16. The highest BCUT2D eigenvalue weighted by molar-refractivity contribution is 9.09. The van der Waals surface area contributed by atoms with Gasteiger partial charge in [0.25, 0.3) is 0 Å². The summed E-state index contributed by atoms with van der Waals surface area (Å²) in [6.45, 7) is 0. The van der Waals surface area contributed by atoms with Gasteiger partial charge in [-0.15, -0.1) is 10.2 Å². The number of aliphatic hydroxyl groups is 1. The van der Waals surface area contributed by atoms with Gasteiger partial charge in [0.2, 0.25) is 0 Å². The molecule has 1 aromatic rings. The largest absolute Gasteiger partial charge is 0.391 e. The van der Waals surface area contributed by atoms with Crippen LogP contribution in [0.2, 0.25) is 0 Å². The van der Waals surface area contributed by atoms with E-state index in [0.29, 0.717) is 11.1 Å². The fraction of sp³-hybridized carbons (Fsp3) is 0.667. The molecular formula is C6H9BrN2OS3. The predicted octanol–water partition coefficient (Wildman–Crippen LogP) is 2.11. The van der Waals surface area contributed by atoms with Gasteiger partial charge in [-0.05, 0) is 6.26 Å². The summed E-state index contributed by atoms with van der Waals surface area (Å²) < 4.78 is 1.89. The zero-order chi connectivity index (χ0) is 9.68. The van der Waals surface area contributed by atoms with E-state index in [9.17, 15) is 5.11 Å². The Morgan fingerprint density at radius 2 is 2.23 bits per heavy atom. The van der Waals surface area contributed by atoms with E-state index in [4.69, 9.17) is 0 Å². The Balaban J connectivity index is 2.36. The first-order chi connectivity index (χ1) is 6.26. The molecule has 0 saturated heterocycles. The van der Waals surface area contributed by atoms with Gasteiger partial charge in [0.05, 0.1) is 6.10 Å². The van der Waals surface area contributed by atoms with E-state index < -0.39 is 0 Å². The van der Waals surface area contributed by atoms with Crippen LogP contribution in [0, 0.1) is 0 Å². The number of hydrogen-bond donors (Lipinski definition) is 1. The second kappa shape index (κ2) is 6.23. The molecule has 0 saturated carbocycles. The lowest BCUT2D eigenvalue weighted by Crippen LogP contribution is -2.10. The molecule has 1 unspecified atom stereocenters. The summed E-state index contributed by atoms with van der Waals surface area (Å²) in [7, 11) is 0. The summed E-state index contributed by atoms with van der Waals surface area (Å²) in [5.41, 5.74) is 0. The fourth-order valence-corrected chi connectivity index (χ4v) is 3.47. The molecule has 0 aromatic carbocycles. The molecule has 1 heterocycles. The quantitative estimate of drug-likeness (QED) is 0.666. The van der Waals surface area contributed by atoms with E-state index in [1.807, 2.05) is 6.26 Å². The Morgan fingerprint density at radius 3 is 2.77 bits per heavy atom. The van der Waals surface area contributed by atoms with Crippen molar-refractivity contribution in [1.82, 2.24) is 10.2 Å².